The summed E-state index contributed by atoms with van der Waals surface area (Å²) in [4.78, 5) is 12.5. The molecule has 5 heteroatoms. The first-order valence-corrected chi connectivity index (χ1v) is 5.80. The molecule has 0 fully saturated rings. The summed E-state index contributed by atoms with van der Waals surface area (Å²) in [5.41, 5.74) is 7.53. The van der Waals surface area contributed by atoms with Crippen molar-refractivity contribution in [3.63, 3.8) is 0 Å². The van der Waals surface area contributed by atoms with Gasteiger partial charge < -0.3 is 10.5 Å². The van der Waals surface area contributed by atoms with Gasteiger partial charge in [-0.1, -0.05) is 6.07 Å². The van der Waals surface area contributed by atoms with Crippen LogP contribution in [0.4, 0.5) is 5.82 Å². The molecule has 0 radical (unpaired) electrons. The molecular weight excluding hydrogens is 228 g/mol. The van der Waals surface area contributed by atoms with E-state index >= 15 is 0 Å². The van der Waals surface area contributed by atoms with Crippen LogP contribution in [0, 0.1) is 13.8 Å². The highest BCUT2D eigenvalue weighted by molar-refractivity contribution is 5.44. The minimum absolute atomic E-state index is 0.468. The molecule has 18 heavy (non-hydrogen) atoms. The second-order valence-electron chi connectivity index (χ2n) is 4.01. The van der Waals surface area contributed by atoms with Gasteiger partial charge in [-0.2, -0.15) is 4.98 Å². The number of aryl methyl sites for hydroxylation is 1. The molecule has 2 heterocycles. The molecule has 2 N–H and O–H groups in total. The van der Waals surface area contributed by atoms with Gasteiger partial charge in [-0.15, -0.1) is 0 Å². The number of rotatable bonds is 4. The number of hydrogen-bond donors (Lipinski definition) is 1. The molecule has 0 amide bonds. The number of hydrogen-bond acceptors (Lipinski definition) is 5. The van der Waals surface area contributed by atoms with Crippen LogP contribution < -0.4 is 10.5 Å². The minimum Gasteiger partial charge on any atom is -0.477 e. The lowest BCUT2D eigenvalue weighted by Crippen LogP contribution is -2.08. The zero-order valence-corrected chi connectivity index (χ0v) is 10.6. The highest BCUT2D eigenvalue weighted by Gasteiger charge is 2.07. The van der Waals surface area contributed by atoms with Crippen LogP contribution in [0.2, 0.25) is 0 Å². The molecule has 0 aliphatic rings. The topological polar surface area (TPSA) is 73.9 Å². The second kappa shape index (κ2) is 5.44. The highest BCUT2D eigenvalue weighted by Crippen LogP contribution is 2.19. The van der Waals surface area contributed by atoms with Crippen LogP contribution in [0.1, 0.15) is 17.1 Å². The Morgan fingerprint density at radius 2 is 2.06 bits per heavy atom. The quantitative estimate of drug-likeness (QED) is 0.886. The van der Waals surface area contributed by atoms with E-state index in [2.05, 4.69) is 15.0 Å². The molecule has 0 aromatic carbocycles. The van der Waals surface area contributed by atoms with Gasteiger partial charge in [0.15, 0.2) is 0 Å². The third-order valence-corrected chi connectivity index (χ3v) is 2.57. The van der Waals surface area contributed by atoms with E-state index in [1.54, 1.807) is 13.1 Å². The lowest BCUT2D eigenvalue weighted by atomic mass is 10.3. The molecule has 0 atom stereocenters. The van der Waals surface area contributed by atoms with Crippen LogP contribution in [0.5, 0.6) is 5.88 Å². The smallest absolute Gasteiger partial charge is 0.221 e. The Labute approximate surface area is 106 Å². The molecule has 0 bridgehead atoms. The molecule has 2 rings (SSSR count). The normalized spacial score (nSPS) is 10.3. The largest absolute Gasteiger partial charge is 0.477 e. The maximum Gasteiger partial charge on any atom is 0.221 e. The van der Waals surface area contributed by atoms with Gasteiger partial charge in [0, 0.05) is 18.3 Å². The van der Waals surface area contributed by atoms with E-state index in [0.29, 0.717) is 24.1 Å². The van der Waals surface area contributed by atoms with Gasteiger partial charge in [0.1, 0.15) is 11.6 Å². The summed E-state index contributed by atoms with van der Waals surface area (Å²) in [6.45, 7) is 4.17. The fourth-order valence-corrected chi connectivity index (χ4v) is 1.56. The van der Waals surface area contributed by atoms with Crippen LogP contribution in [0.15, 0.2) is 24.4 Å². The number of nitrogens with two attached hydrogens (primary N) is 1. The summed E-state index contributed by atoms with van der Waals surface area (Å²) in [5.74, 6) is 1.64. The summed E-state index contributed by atoms with van der Waals surface area (Å²) >= 11 is 0. The summed E-state index contributed by atoms with van der Waals surface area (Å²) in [6.07, 6.45) is 2.51. The van der Waals surface area contributed by atoms with Crippen molar-refractivity contribution in [1.29, 1.82) is 0 Å². The molecule has 0 spiro atoms. The number of nitrogens with zero attached hydrogens (tertiary/aromatic N) is 3. The van der Waals surface area contributed by atoms with Crippen molar-refractivity contribution in [1.82, 2.24) is 15.0 Å². The van der Waals surface area contributed by atoms with Crippen molar-refractivity contribution in [3.05, 3.63) is 41.5 Å². The van der Waals surface area contributed by atoms with Crippen molar-refractivity contribution in [2.45, 2.75) is 20.3 Å². The predicted molar refractivity (Wildman–Crippen MR) is 69.4 cm³/mol. The van der Waals surface area contributed by atoms with Gasteiger partial charge in [-0.05, 0) is 26.0 Å². The second-order valence-corrected chi connectivity index (χ2v) is 4.01. The zero-order valence-electron chi connectivity index (χ0n) is 10.6. The fraction of sp³-hybridized carbons (Fsp3) is 0.308. The first-order valence-electron chi connectivity index (χ1n) is 5.80. The summed E-state index contributed by atoms with van der Waals surface area (Å²) in [5, 5.41) is 0. The van der Waals surface area contributed by atoms with Gasteiger partial charge in [0.05, 0.1) is 12.2 Å². The van der Waals surface area contributed by atoms with Crippen LogP contribution in [0.25, 0.3) is 0 Å². The number of nitrogen functional groups attached to an aromatic ring is 1. The number of pyridine rings is 1. The zero-order chi connectivity index (χ0) is 13.0. The minimum atomic E-state index is 0.468. The van der Waals surface area contributed by atoms with E-state index < -0.39 is 0 Å². The van der Waals surface area contributed by atoms with Crippen LogP contribution in [-0.2, 0) is 6.42 Å². The fourth-order valence-electron chi connectivity index (χ4n) is 1.56. The van der Waals surface area contributed by atoms with Crippen molar-refractivity contribution < 1.29 is 4.74 Å². The predicted octanol–water partition coefficient (Wildman–Crippen LogP) is 1.69. The number of anilines is 1. The average Bonchev–Trinajstić information content (AvgIpc) is 2.36. The lowest BCUT2D eigenvalue weighted by Gasteiger charge is -2.09. The van der Waals surface area contributed by atoms with E-state index in [4.69, 9.17) is 10.5 Å². The monoisotopic (exact) mass is 244 g/mol. The van der Waals surface area contributed by atoms with Gasteiger partial charge in [-0.25, -0.2) is 4.98 Å². The molecule has 0 saturated carbocycles. The summed E-state index contributed by atoms with van der Waals surface area (Å²) < 4.78 is 5.63. The van der Waals surface area contributed by atoms with E-state index in [1.165, 1.54) is 0 Å². The van der Waals surface area contributed by atoms with Crippen molar-refractivity contribution in [2.24, 2.45) is 0 Å². The highest BCUT2D eigenvalue weighted by atomic mass is 16.5. The SMILES string of the molecule is Cc1nc(N)c(C)c(OCCc2ccccn2)n1. The van der Waals surface area contributed by atoms with Gasteiger partial charge in [0.2, 0.25) is 5.88 Å². The third kappa shape index (κ3) is 2.94. The van der Waals surface area contributed by atoms with Gasteiger partial charge in [-0.3, -0.25) is 4.98 Å². The first kappa shape index (κ1) is 12.3. The van der Waals surface area contributed by atoms with Crippen molar-refractivity contribution >= 4 is 5.82 Å². The van der Waals surface area contributed by atoms with E-state index in [9.17, 15) is 0 Å². The summed E-state index contributed by atoms with van der Waals surface area (Å²) in [6, 6.07) is 5.82. The molecule has 0 aliphatic carbocycles. The lowest BCUT2D eigenvalue weighted by molar-refractivity contribution is 0.305. The molecule has 94 valence electrons. The molecule has 0 saturated heterocycles. The molecule has 0 unspecified atom stereocenters. The third-order valence-electron chi connectivity index (χ3n) is 2.57. The van der Waals surface area contributed by atoms with Crippen molar-refractivity contribution in [2.75, 3.05) is 12.3 Å². The van der Waals surface area contributed by atoms with Crippen molar-refractivity contribution in [3.8, 4) is 5.88 Å². The number of aromatic nitrogens is 3. The summed E-state index contributed by atoms with van der Waals surface area (Å²) in [7, 11) is 0. The van der Waals surface area contributed by atoms with Gasteiger partial charge in [0.25, 0.3) is 0 Å². The van der Waals surface area contributed by atoms with E-state index in [1.807, 2.05) is 25.1 Å². The molecule has 2 aromatic heterocycles. The van der Waals surface area contributed by atoms with Crippen LogP contribution in [0.3, 0.4) is 0 Å². The maximum absolute atomic E-state index is 5.76. The Kier molecular flexibility index (Phi) is 3.72. The number of ether oxygens (including phenoxy) is 1. The van der Waals surface area contributed by atoms with Gasteiger partial charge >= 0.3 is 0 Å². The molecule has 5 nitrogen and oxygen atoms in total. The Bertz CT molecular complexity index is 528. The standard InChI is InChI=1S/C13H16N4O/c1-9-12(14)16-10(2)17-13(9)18-8-6-11-5-3-4-7-15-11/h3-5,7H,6,8H2,1-2H3,(H2,14,16,17). The maximum atomic E-state index is 5.76. The van der Waals surface area contributed by atoms with E-state index in [0.717, 1.165) is 17.7 Å². The molecular formula is C13H16N4O. The van der Waals surface area contributed by atoms with Crippen LogP contribution in [-0.4, -0.2) is 21.6 Å². The average molecular weight is 244 g/mol. The first-order chi connectivity index (χ1) is 8.66. The molecule has 0 aliphatic heterocycles. The Morgan fingerprint density at radius 1 is 1.22 bits per heavy atom. The van der Waals surface area contributed by atoms with Crippen LogP contribution >= 0.6 is 0 Å². The Balaban J connectivity index is 1.99. The molecule has 2 aromatic rings. The Hall–Kier alpha value is -2.17. The van der Waals surface area contributed by atoms with E-state index in [-0.39, 0.29) is 0 Å². The Morgan fingerprint density at radius 3 is 2.78 bits per heavy atom.